The summed E-state index contributed by atoms with van der Waals surface area (Å²) in [4.78, 5) is 9.78. The van der Waals surface area contributed by atoms with Gasteiger partial charge in [0.05, 0.1) is 5.69 Å². The van der Waals surface area contributed by atoms with Gasteiger partial charge in [-0.3, -0.25) is 0 Å². The van der Waals surface area contributed by atoms with Crippen LogP contribution in [-0.4, -0.2) is 9.97 Å². The highest BCUT2D eigenvalue weighted by Gasteiger charge is 2.12. The van der Waals surface area contributed by atoms with E-state index in [1.54, 1.807) is 0 Å². The van der Waals surface area contributed by atoms with Gasteiger partial charge in [-0.05, 0) is 78.1 Å². The second-order valence-electron chi connectivity index (χ2n) is 10.1. The summed E-state index contributed by atoms with van der Waals surface area (Å²) in [5, 5.41) is 2.29. The maximum Gasteiger partial charge on any atom is 0.160 e. The van der Waals surface area contributed by atoms with Crippen molar-refractivity contribution >= 4 is 21.9 Å². The SMILES string of the molecule is Cc1ccc2c(c1)oc1cc(-c3cccc(-c4cc(C)nc(-c5cccc(-c6ccccc6)c5)n4)c3)ccc12. The molecular formula is C36H26N2O. The number of furan rings is 1. The molecule has 39 heavy (non-hydrogen) atoms. The number of benzene rings is 5. The molecule has 0 spiro atoms. The zero-order valence-electron chi connectivity index (χ0n) is 21.8. The first-order valence-electron chi connectivity index (χ1n) is 13.2. The van der Waals surface area contributed by atoms with Crippen LogP contribution in [0.4, 0.5) is 0 Å². The van der Waals surface area contributed by atoms with Gasteiger partial charge in [-0.2, -0.15) is 0 Å². The second kappa shape index (κ2) is 9.38. The van der Waals surface area contributed by atoms with Crippen molar-refractivity contribution in [3.8, 4) is 44.9 Å². The first kappa shape index (κ1) is 23.1. The van der Waals surface area contributed by atoms with Gasteiger partial charge in [-0.15, -0.1) is 0 Å². The van der Waals surface area contributed by atoms with E-state index in [4.69, 9.17) is 14.4 Å². The first-order chi connectivity index (χ1) is 19.1. The van der Waals surface area contributed by atoms with Gasteiger partial charge in [0.2, 0.25) is 0 Å². The summed E-state index contributed by atoms with van der Waals surface area (Å²) in [5.41, 5.74) is 11.5. The average Bonchev–Trinajstić information content (AvgIpc) is 3.34. The molecule has 0 saturated heterocycles. The van der Waals surface area contributed by atoms with E-state index < -0.39 is 0 Å². The lowest BCUT2D eigenvalue weighted by atomic mass is 9.99. The summed E-state index contributed by atoms with van der Waals surface area (Å²) in [6.45, 7) is 4.11. The van der Waals surface area contributed by atoms with Gasteiger partial charge in [0, 0.05) is 27.6 Å². The number of rotatable bonds is 4. The van der Waals surface area contributed by atoms with Gasteiger partial charge >= 0.3 is 0 Å². The predicted molar refractivity (Wildman–Crippen MR) is 161 cm³/mol. The van der Waals surface area contributed by atoms with E-state index in [9.17, 15) is 0 Å². The van der Waals surface area contributed by atoms with Crippen molar-refractivity contribution in [1.29, 1.82) is 0 Å². The van der Waals surface area contributed by atoms with Crippen LogP contribution in [0.25, 0.3) is 66.8 Å². The summed E-state index contributed by atoms with van der Waals surface area (Å²) in [7, 11) is 0. The molecule has 0 unspecified atom stereocenters. The molecule has 0 aliphatic heterocycles. The molecule has 7 aromatic rings. The molecule has 0 bridgehead atoms. The summed E-state index contributed by atoms with van der Waals surface area (Å²) in [6, 6.07) is 42.2. The Balaban J connectivity index is 1.27. The van der Waals surface area contributed by atoms with Crippen LogP contribution in [0.1, 0.15) is 11.3 Å². The fraction of sp³-hybridized carbons (Fsp3) is 0.0556. The van der Waals surface area contributed by atoms with Crippen LogP contribution < -0.4 is 0 Å². The van der Waals surface area contributed by atoms with Crippen molar-refractivity contribution in [3.63, 3.8) is 0 Å². The molecule has 0 radical (unpaired) electrons. The Bertz CT molecular complexity index is 1990. The van der Waals surface area contributed by atoms with Crippen molar-refractivity contribution in [3.05, 3.63) is 133 Å². The van der Waals surface area contributed by atoms with E-state index in [0.717, 1.165) is 67.0 Å². The van der Waals surface area contributed by atoms with E-state index in [1.165, 1.54) is 11.1 Å². The predicted octanol–water partition coefficient (Wildman–Crippen LogP) is 9.66. The first-order valence-corrected chi connectivity index (χ1v) is 13.2. The van der Waals surface area contributed by atoms with Crippen molar-refractivity contribution in [2.45, 2.75) is 13.8 Å². The lowest BCUT2D eigenvalue weighted by Crippen LogP contribution is -1.95. The summed E-state index contributed by atoms with van der Waals surface area (Å²) < 4.78 is 6.21. The zero-order chi connectivity index (χ0) is 26.3. The monoisotopic (exact) mass is 502 g/mol. The van der Waals surface area contributed by atoms with Gasteiger partial charge in [0.25, 0.3) is 0 Å². The number of fused-ring (bicyclic) bond motifs is 3. The highest BCUT2D eigenvalue weighted by Crippen LogP contribution is 2.34. The second-order valence-corrected chi connectivity index (χ2v) is 10.1. The third kappa shape index (κ3) is 4.38. The summed E-state index contributed by atoms with van der Waals surface area (Å²) in [6.07, 6.45) is 0. The molecule has 0 fully saturated rings. The lowest BCUT2D eigenvalue weighted by molar-refractivity contribution is 0.668. The minimum absolute atomic E-state index is 0.729. The Morgan fingerprint density at radius 2 is 1.08 bits per heavy atom. The molecule has 0 atom stereocenters. The van der Waals surface area contributed by atoms with Crippen LogP contribution >= 0.6 is 0 Å². The van der Waals surface area contributed by atoms with Crippen molar-refractivity contribution in [2.24, 2.45) is 0 Å². The van der Waals surface area contributed by atoms with Gasteiger partial charge in [0.15, 0.2) is 5.82 Å². The van der Waals surface area contributed by atoms with E-state index >= 15 is 0 Å². The Labute approximate surface area is 227 Å². The van der Waals surface area contributed by atoms with E-state index in [-0.39, 0.29) is 0 Å². The normalized spacial score (nSPS) is 11.3. The molecule has 0 N–H and O–H groups in total. The molecule has 7 rings (SSSR count). The molecule has 5 aromatic carbocycles. The van der Waals surface area contributed by atoms with Crippen LogP contribution in [-0.2, 0) is 0 Å². The van der Waals surface area contributed by atoms with Crippen molar-refractivity contribution < 1.29 is 4.42 Å². The van der Waals surface area contributed by atoms with Crippen LogP contribution in [0, 0.1) is 13.8 Å². The third-order valence-electron chi connectivity index (χ3n) is 7.20. The summed E-state index contributed by atoms with van der Waals surface area (Å²) >= 11 is 0. The Hall–Kier alpha value is -5.02. The number of hydrogen-bond acceptors (Lipinski definition) is 3. The number of aromatic nitrogens is 2. The van der Waals surface area contributed by atoms with Crippen LogP contribution in [0.2, 0.25) is 0 Å². The molecule has 0 aliphatic rings. The van der Waals surface area contributed by atoms with Crippen LogP contribution in [0.5, 0.6) is 0 Å². The molecule has 0 amide bonds. The molecule has 186 valence electrons. The fourth-order valence-electron chi connectivity index (χ4n) is 5.24. The van der Waals surface area contributed by atoms with Crippen molar-refractivity contribution in [2.75, 3.05) is 0 Å². The average molecular weight is 503 g/mol. The highest BCUT2D eigenvalue weighted by molar-refractivity contribution is 6.06. The van der Waals surface area contributed by atoms with Gasteiger partial charge in [0.1, 0.15) is 11.2 Å². The molecule has 2 aromatic heterocycles. The Kier molecular flexibility index (Phi) is 5.56. The van der Waals surface area contributed by atoms with Gasteiger partial charge < -0.3 is 4.42 Å². The van der Waals surface area contributed by atoms with Gasteiger partial charge in [-0.25, -0.2) is 9.97 Å². The molecular weight excluding hydrogens is 476 g/mol. The zero-order valence-corrected chi connectivity index (χ0v) is 21.8. The number of hydrogen-bond donors (Lipinski definition) is 0. The van der Waals surface area contributed by atoms with Crippen LogP contribution in [0.3, 0.4) is 0 Å². The van der Waals surface area contributed by atoms with Crippen LogP contribution in [0.15, 0.2) is 126 Å². The largest absolute Gasteiger partial charge is 0.456 e. The third-order valence-corrected chi connectivity index (χ3v) is 7.20. The van der Waals surface area contributed by atoms with E-state index in [0.29, 0.717) is 0 Å². The molecule has 3 heteroatoms. The maximum atomic E-state index is 6.21. The lowest BCUT2D eigenvalue weighted by Gasteiger charge is -2.10. The molecule has 2 heterocycles. The smallest absolute Gasteiger partial charge is 0.160 e. The van der Waals surface area contributed by atoms with E-state index in [2.05, 4.69) is 122 Å². The fourth-order valence-corrected chi connectivity index (χ4v) is 5.24. The van der Waals surface area contributed by atoms with Gasteiger partial charge in [-0.1, -0.05) is 84.9 Å². The number of aryl methyl sites for hydroxylation is 2. The Morgan fingerprint density at radius 1 is 0.462 bits per heavy atom. The Morgan fingerprint density at radius 3 is 1.90 bits per heavy atom. The number of nitrogens with zero attached hydrogens (tertiary/aromatic N) is 2. The topological polar surface area (TPSA) is 38.9 Å². The maximum absolute atomic E-state index is 6.21. The minimum Gasteiger partial charge on any atom is -0.456 e. The van der Waals surface area contributed by atoms with Crippen molar-refractivity contribution in [1.82, 2.24) is 9.97 Å². The summed E-state index contributed by atoms with van der Waals surface area (Å²) in [5.74, 6) is 0.729. The quantitative estimate of drug-likeness (QED) is 0.240. The van der Waals surface area contributed by atoms with E-state index in [1.807, 2.05) is 13.0 Å². The molecule has 0 aliphatic carbocycles. The minimum atomic E-state index is 0.729. The molecule has 0 saturated carbocycles. The standard InChI is InChI=1S/C36H26N2O/c1-23-14-16-31-32-17-15-28(22-35(32)39-34(31)18-23)27-11-6-12-29(20-27)33-19-24(2)37-36(38-33)30-13-7-10-26(21-30)25-8-4-3-5-9-25/h3-22H,1-2H3. The molecule has 3 nitrogen and oxygen atoms in total. The highest BCUT2D eigenvalue weighted by atomic mass is 16.3.